The maximum absolute atomic E-state index is 2.85. The first-order valence-electron chi connectivity index (χ1n) is 27.2. The summed E-state index contributed by atoms with van der Waals surface area (Å²) < 4.78 is 4.25. The molecule has 6 aliphatic rings. The van der Waals surface area contributed by atoms with E-state index in [4.69, 9.17) is 0 Å². The lowest BCUT2D eigenvalue weighted by Gasteiger charge is -2.48. The first-order valence-corrected chi connectivity index (χ1v) is 28.9. The summed E-state index contributed by atoms with van der Waals surface area (Å²) in [5.41, 5.74) is 22.5. The van der Waals surface area contributed by atoms with Crippen molar-refractivity contribution in [2.24, 2.45) is 0 Å². The Morgan fingerprint density at radius 2 is 1.04 bits per heavy atom. The Morgan fingerprint density at radius 3 is 1.68 bits per heavy atom. The van der Waals surface area contributed by atoms with Gasteiger partial charge in [-0.25, -0.2) is 0 Å². The van der Waals surface area contributed by atoms with Gasteiger partial charge in [0.25, 0.3) is 6.71 Å². The van der Waals surface area contributed by atoms with E-state index in [1.54, 1.807) is 16.7 Å². The molecular weight excluding hydrogens is 896 g/mol. The lowest BCUT2D eigenvalue weighted by atomic mass is 9.33. The molecule has 364 valence electrons. The third-order valence-corrected chi connectivity index (χ3v) is 21.8. The molecule has 0 atom stereocenters. The zero-order chi connectivity index (χ0) is 49.9. The second-order valence-corrected chi connectivity index (χ2v) is 30.1. The lowest BCUT2D eigenvalue weighted by molar-refractivity contribution is 0.332. The molecule has 0 unspecified atom stereocenters. The van der Waals surface area contributed by atoms with Crippen molar-refractivity contribution in [1.29, 1.82) is 0 Å². The Bertz CT molecular complexity index is 3620. The van der Waals surface area contributed by atoms with Gasteiger partial charge in [0.1, 0.15) is 0 Å². The molecule has 7 aromatic rings. The van der Waals surface area contributed by atoms with Gasteiger partial charge in [0, 0.05) is 53.0 Å². The Labute approximate surface area is 433 Å². The van der Waals surface area contributed by atoms with E-state index in [2.05, 4.69) is 210 Å². The number of hydrogen-bond acceptors (Lipinski definition) is 4. The molecule has 0 saturated carbocycles. The van der Waals surface area contributed by atoms with Gasteiger partial charge in [-0.2, -0.15) is 0 Å². The number of hydrogen-bond donors (Lipinski definition) is 0. The number of fused-ring (bicyclic) bond motifs is 12. The topological polar surface area (TPSA) is 6.48 Å². The minimum absolute atomic E-state index is 0.0609. The highest BCUT2D eigenvalue weighted by Gasteiger charge is 2.50. The molecule has 0 saturated heterocycles. The molecule has 4 aliphatic carbocycles. The molecule has 2 nitrogen and oxygen atoms in total. The van der Waals surface area contributed by atoms with Crippen LogP contribution < -0.4 is 35.9 Å². The van der Waals surface area contributed by atoms with Gasteiger partial charge in [0.05, 0.1) is 5.00 Å². The average Bonchev–Trinajstić information content (AvgIpc) is 3.88. The van der Waals surface area contributed by atoms with Crippen molar-refractivity contribution in [3.63, 3.8) is 0 Å². The van der Waals surface area contributed by atoms with Crippen LogP contribution in [-0.4, -0.2) is 6.71 Å². The molecule has 0 N–H and O–H groups in total. The van der Waals surface area contributed by atoms with E-state index >= 15 is 0 Å². The van der Waals surface area contributed by atoms with E-state index in [9.17, 15) is 0 Å². The van der Waals surface area contributed by atoms with Crippen LogP contribution in [-0.2, 0) is 37.9 Å². The molecule has 0 amide bonds. The van der Waals surface area contributed by atoms with Crippen molar-refractivity contribution in [1.82, 2.24) is 0 Å². The van der Waals surface area contributed by atoms with Crippen LogP contribution in [0.4, 0.5) is 27.8 Å². The van der Waals surface area contributed by atoms with Gasteiger partial charge < -0.3 is 9.80 Å². The van der Waals surface area contributed by atoms with Crippen LogP contribution in [0.15, 0.2) is 78.9 Å². The lowest BCUT2D eigenvalue weighted by Crippen LogP contribution is -2.62. The van der Waals surface area contributed by atoms with Gasteiger partial charge in [-0.05, 0) is 199 Å². The summed E-state index contributed by atoms with van der Waals surface area (Å²) in [7, 11) is 0. The predicted octanol–water partition coefficient (Wildman–Crippen LogP) is 15.6. The SMILES string of the molecule is CC(C)(C)c1cc2c3c(c1)N(c1ccc4c(c1)C(C)(C)CCC4(C)C)c1sc4cc5c(cc4c1B3c1cc3c(cc1N2C1=c2c(sc4ccccc24)=CCC1)C(C)(C)CCC3(C)C)C(C)(C)CCC5(C)C. The van der Waals surface area contributed by atoms with Crippen molar-refractivity contribution >= 4 is 105 Å². The van der Waals surface area contributed by atoms with Crippen LogP contribution in [0.25, 0.3) is 31.9 Å². The first kappa shape index (κ1) is 46.2. The Kier molecular flexibility index (Phi) is 9.50. The van der Waals surface area contributed by atoms with E-state index in [-0.39, 0.29) is 44.6 Å². The van der Waals surface area contributed by atoms with Crippen molar-refractivity contribution in [2.45, 2.75) is 193 Å². The summed E-state index contributed by atoms with van der Waals surface area (Å²) in [4.78, 5) is 5.64. The van der Waals surface area contributed by atoms with Crippen molar-refractivity contribution in [3.8, 4) is 0 Å². The highest BCUT2D eigenvalue weighted by molar-refractivity contribution is 7.26. The molecule has 2 aromatic heterocycles. The Morgan fingerprint density at radius 1 is 0.493 bits per heavy atom. The Hall–Kier alpha value is -4.58. The van der Waals surface area contributed by atoms with E-state index in [1.807, 2.05) is 11.3 Å². The van der Waals surface area contributed by atoms with Crippen LogP contribution in [0.2, 0.25) is 0 Å². The fourth-order valence-electron chi connectivity index (χ4n) is 14.5. The quantitative estimate of drug-likeness (QED) is 0.159. The monoisotopic (exact) mass is 971 g/mol. The fourth-order valence-corrected chi connectivity index (χ4v) is 17.0. The van der Waals surface area contributed by atoms with Crippen molar-refractivity contribution in [2.75, 3.05) is 9.80 Å². The zero-order valence-corrected chi connectivity index (χ0v) is 47.2. The van der Waals surface area contributed by atoms with Gasteiger partial charge in [-0.15, -0.1) is 22.7 Å². The summed E-state index contributed by atoms with van der Waals surface area (Å²) >= 11 is 4.05. The van der Waals surface area contributed by atoms with E-state index in [0.717, 1.165) is 12.8 Å². The molecule has 5 aromatic carbocycles. The molecule has 0 bridgehead atoms. The average molecular weight is 971 g/mol. The maximum atomic E-state index is 2.85. The van der Waals surface area contributed by atoms with Gasteiger partial charge in [-0.3, -0.25) is 0 Å². The molecule has 4 heterocycles. The number of anilines is 5. The third kappa shape index (κ3) is 6.55. The standard InChI is InChI=1S/C66H75BN2S2/c1-60(2,3)38-31-51-58-52(32-38)69(49-20-18-22-54-56(49)40-19-16-17-21-53(40)70-54)50-36-46-45(64(10,11)28-29-65(46,12)13)35-48(50)67(58)57-41-34-44-47(66(14,15)30-27-63(44,8)9)37-55(41)71-59(57)68(51)39-23-24-42-43(33-39)62(6,7)26-25-61(42,4)5/h16-17,19,21-24,31-37H,18,20,25-30H2,1-15H3. The number of rotatable bonds is 2. The molecule has 0 spiro atoms. The van der Waals surface area contributed by atoms with Crippen LogP contribution >= 0.6 is 22.7 Å². The third-order valence-electron chi connectivity index (χ3n) is 19.5. The predicted molar refractivity (Wildman–Crippen MR) is 312 cm³/mol. The molecular formula is C66H75BN2S2. The number of nitrogens with zero attached hydrogens (tertiary/aromatic N) is 2. The van der Waals surface area contributed by atoms with Crippen LogP contribution in [0.3, 0.4) is 0 Å². The molecule has 0 fully saturated rings. The van der Waals surface area contributed by atoms with Crippen LogP contribution in [0.5, 0.6) is 0 Å². The summed E-state index contributed by atoms with van der Waals surface area (Å²) in [5.74, 6) is 0. The second-order valence-electron chi connectivity index (χ2n) is 28.0. The maximum Gasteiger partial charge on any atom is 0.254 e. The molecule has 0 radical (unpaired) electrons. The first-order chi connectivity index (χ1) is 33.3. The van der Waals surface area contributed by atoms with E-state index in [1.165, 1.54) is 141 Å². The van der Waals surface area contributed by atoms with Crippen LogP contribution in [0.1, 0.15) is 194 Å². The van der Waals surface area contributed by atoms with Crippen molar-refractivity contribution < 1.29 is 0 Å². The highest BCUT2D eigenvalue weighted by atomic mass is 32.1. The molecule has 2 aliphatic heterocycles. The summed E-state index contributed by atoms with van der Waals surface area (Å²) in [6.45, 7) is 37.4. The smallest absolute Gasteiger partial charge is 0.254 e. The summed E-state index contributed by atoms with van der Waals surface area (Å²) in [6.07, 6.45) is 11.8. The summed E-state index contributed by atoms with van der Waals surface area (Å²) in [6, 6.07) is 33.1. The number of benzene rings is 5. The van der Waals surface area contributed by atoms with Crippen molar-refractivity contribution in [3.05, 3.63) is 128 Å². The minimum atomic E-state index is -0.0930. The zero-order valence-electron chi connectivity index (χ0n) is 45.5. The fraction of sp³-hybridized carbons (Fsp3) is 0.455. The number of thiophene rings is 2. The summed E-state index contributed by atoms with van der Waals surface area (Å²) in [5, 5.41) is 5.70. The second kappa shape index (κ2) is 14.6. The van der Waals surface area contributed by atoms with Gasteiger partial charge in [-0.1, -0.05) is 140 Å². The Balaban J connectivity index is 1.22. The van der Waals surface area contributed by atoms with Gasteiger partial charge >= 0.3 is 0 Å². The van der Waals surface area contributed by atoms with Gasteiger partial charge in [0.2, 0.25) is 0 Å². The molecule has 13 rings (SSSR count). The largest absolute Gasteiger partial charge is 0.314 e. The minimum Gasteiger partial charge on any atom is -0.314 e. The van der Waals surface area contributed by atoms with E-state index in [0.29, 0.717) is 0 Å². The van der Waals surface area contributed by atoms with Crippen LogP contribution in [0, 0.1) is 0 Å². The highest BCUT2D eigenvalue weighted by Crippen LogP contribution is 2.55. The van der Waals surface area contributed by atoms with Gasteiger partial charge in [0.15, 0.2) is 0 Å². The van der Waals surface area contributed by atoms with E-state index < -0.39 is 0 Å². The molecule has 5 heteroatoms. The normalized spacial score (nSPS) is 21.4. The molecule has 71 heavy (non-hydrogen) atoms.